The van der Waals surface area contributed by atoms with Crippen molar-refractivity contribution in [1.29, 1.82) is 0 Å². The molecule has 1 heteroatoms. The molecule has 4 rings (SSSR count). The first-order valence-corrected chi connectivity index (χ1v) is 8.41. The molecule has 0 bridgehead atoms. The van der Waals surface area contributed by atoms with Crippen molar-refractivity contribution >= 4 is 11.4 Å². The highest BCUT2D eigenvalue weighted by molar-refractivity contribution is 5.67. The van der Waals surface area contributed by atoms with Crippen molar-refractivity contribution in [2.24, 2.45) is 0 Å². The summed E-state index contributed by atoms with van der Waals surface area (Å²) in [5, 5.41) is 4.71. The molecule has 0 aliphatic heterocycles. The van der Waals surface area contributed by atoms with Gasteiger partial charge in [0.05, 0.1) is 11.4 Å². The van der Waals surface area contributed by atoms with Crippen LogP contribution in [0.5, 0.6) is 0 Å². The molecular formula is C24H18N. The normalized spacial score (nSPS) is 10.4. The minimum atomic E-state index is 0.965. The van der Waals surface area contributed by atoms with E-state index < -0.39 is 0 Å². The van der Waals surface area contributed by atoms with Crippen LogP contribution in [0.25, 0.3) is 22.3 Å². The topological polar surface area (TPSA) is 14.1 Å². The fourth-order valence-electron chi connectivity index (χ4n) is 2.87. The number of rotatable bonds is 4. The van der Waals surface area contributed by atoms with E-state index in [1.165, 1.54) is 22.3 Å². The Balaban J connectivity index is 1.49. The average molecular weight is 320 g/mol. The lowest BCUT2D eigenvalue weighted by molar-refractivity contribution is 1.19. The Morgan fingerprint density at radius 1 is 0.320 bits per heavy atom. The van der Waals surface area contributed by atoms with Gasteiger partial charge in [-0.1, -0.05) is 84.9 Å². The Morgan fingerprint density at radius 2 is 0.640 bits per heavy atom. The Hall–Kier alpha value is -3.32. The minimum Gasteiger partial charge on any atom is -0.249 e. The Kier molecular flexibility index (Phi) is 4.30. The second kappa shape index (κ2) is 7.06. The molecule has 4 aromatic carbocycles. The molecule has 25 heavy (non-hydrogen) atoms. The van der Waals surface area contributed by atoms with E-state index in [-0.39, 0.29) is 0 Å². The van der Waals surface area contributed by atoms with Crippen LogP contribution in [-0.4, -0.2) is 0 Å². The molecule has 0 N–H and O–H groups in total. The molecule has 0 fully saturated rings. The molecule has 0 atom stereocenters. The molecule has 0 saturated heterocycles. The van der Waals surface area contributed by atoms with Gasteiger partial charge in [0.1, 0.15) is 0 Å². The maximum atomic E-state index is 4.71. The van der Waals surface area contributed by atoms with Gasteiger partial charge < -0.3 is 0 Å². The highest BCUT2D eigenvalue weighted by Gasteiger charge is 2.01. The van der Waals surface area contributed by atoms with E-state index >= 15 is 0 Å². The molecule has 0 aliphatic carbocycles. The van der Waals surface area contributed by atoms with E-state index in [2.05, 4.69) is 97.1 Å². The average Bonchev–Trinajstić information content (AvgIpc) is 2.71. The van der Waals surface area contributed by atoms with E-state index in [0.29, 0.717) is 0 Å². The Bertz CT molecular complexity index is 844. The summed E-state index contributed by atoms with van der Waals surface area (Å²) in [5.74, 6) is 0. The van der Waals surface area contributed by atoms with Gasteiger partial charge in [0.2, 0.25) is 0 Å². The van der Waals surface area contributed by atoms with Crippen molar-refractivity contribution in [1.82, 2.24) is 5.32 Å². The summed E-state index contributed by atoms with van der Waals surface area (Å²) in [6, 6.07) is 37.5. The molecule has 0 saturated carbocycles. The predicted molar refractivity (Wildman–Crippen MR) is 105 cm³/mol. The van der Waals surface area contributed by atoms with Crippen LogP contribution in [0.3, 0.4) is 0 Å². The third-order valence-electron chi connectivity index (χ3n) is 4.21. The lowest BCUT2D eigenvalue weighted by Crippen LogP contribution is -1.89. The highest BCUT2D eigenvalue weighted by atomic mass is 14.9. The summed E-state index contributed by atoms with van der Waals surface area (Å²) in [5.41, 5.74) is 6.79. The van der Waals surface area contributed by atoms with Crippen LogP contribution in [-0.2, 0) is 0 Å². The fraction of sp³-hybridized carbons (Fsp3) is 0. The van der Waals surface area contributed by atoms with Gasteiger partial charge in [0.25, 0.3) is 0 Å². The maximum absolute atomic E-state index is 4.71. The molecule has 119 valence electrons. The van der Waals surface area contributed by atoms with Crippen LogP contribution >= 0.6 is 0 Å². The van der Waals surface area contributed by atoms with Gasteiger partial charge in [-0.05, 0) is 46.5 Å². The van der Waals surface area contributed by atoms with Crippen LogP contribution < -0.4 is 5.32 Å². The first-order valence-electron chi connectivity index (χ1n) is 8.41. The first kappa shape index (κ1) is 15.2. The molecule has 0 heterocycles. The summed E-state index contributed by atoms with van der Waals surface area (Å²) >= 11 is 0. The molecule has 0 aromatic heterocycles. The summed E-state index contributed by atoms with van der Waals surface area (Å²) in [4.78, 5) is 0. The summed E-state index contributed by atoms with van der Waals surface area (Å²) in [7, 11) is 0. The van der Waals surface area contributed by atoms with Crippen molar-refractivity contribution in [2.45, 2.75) is 0 Å². The second-order valence-corrected chi connectivity index (χ2v) is 5.94. The van der Waals surface area contributed by atoms with Gasteiger partial charge >= 0.3 is 0 Å². The van der Waals surface area contributed by atoms with Crippen molar-refractivity contribution < 1.29 is 0 Å². The van der Waals surface area contributed by atoms with Gasteiger partial charge in [0.15, 0.2) is 0 Å². The van der Waals surface area contributed by atoms with Gasteiger partial charge in [-0.25, -0.2) is 5.32 Å². The zero-order valence-electron chi connectivity index (χ0n) is 13.8. The molecule has 0 unspecified atom stereocenters. The lowest BCUT2D eigenvalue weighted by Gasteiger charge is -2.07. The molecule has 4 aromatic rings. The number of nitrogens with zero attached hydrogens (tertiary/aromatic N) is 1. The number of hydrogen-bond acceptors (Lipinski definition) is 0. The first-order chi connectivity index (χ1) is 12.4. The van der Waals surface area contributed by atoms with Crippen molar-refractivity contribution in [3.8, 4) is 22.3 Å². The van der Waals surface area contributed by atoms with Crippen molar-refractivity contribution in [2.75, 3.05) is 0 Å². The number of benzene rings is 4. The zero-order chi connectivity index (χ0) is 16.9. The van der Waals surface area contributed by atoms with Crippen LogP contribution in [0.15, 0.2) is 109 Å². The van der Waals surface area contributed by atoms with Gasteiger partial charge in [-0.3, -0.25) is 0 Å². The monoisotopic (exact) mass is 320 g/mol. The zero-order valence-corrected chi connectivity index (χ0v) is 13.8. The van der Waals surface area contributed by atoms with E-state index in [1.54, 1.807) is 0 Å². The highest BCUT2D eigenvalue weighted by Crippen LogP contribution is 2.25. The van der Waals surface area contributed by atoms with E-state index in [9.17, 15) is 0 Å². The molecule has 1 radical (unpaired) electrons. The summed E-state index contributed by atoms with van der Waals surface area (Å²) in [6.07, 6.45) is 0. The minimum absolute atomic E-state index is 0.965. The van der Waals surface area contributed by atoms with Gasteiger partial charge in [-0.2, -0.15) is 0 Å². The van der Waals surface area contributed by atoms with Gasteiger partial charge in [0, 0.05) is 0 Å². The van der Waals surface area contributed by atoms with Crippen LogP contribution in [0.2, 0.25) is 0 Å². The fourth-order valence-corrected chi connectivity index (χ4v) is 2.87. The second-order valence-electron chi connectivity index (χ2n) is 5.94. The summed E-state index contributed by atoms with van der Waals surface area (Å²) in [6.45, 7) is 0. The van der Waals surface area contributed by atoms with Gasteiger partial charge in [-0.15, -0.1) is 0 Å². The third kappa shape index (κ3) is 3.61. The third-order valence-corrected chi connectivity index (χ3v) is 4.21. The van der Waals surface area contributed by atoms with Crippen LogP contribution in [0, 0.1) is 0 Å². The standard InChI is InChI=1S/C24H18N/c1-3-7-19(8-4-1)21-11-15-23(16-12-21)25-24-17-13-22(14-18-24)20-9-5-2-6-10-20/h1-18H. The van der Waals surface area contributed by atoms with Crippen LogP contribution in [0.4, 0.5) is 11.4 Å². The molecule has 0 spiro atoms. The molecule has 1 nitrogen and oxygen atoms in total. The smallest absolute Gasteiger partial charge is 0.0637 e. The molecule has 0 amide bonds. The molecule has 0 aliphatic rings. The van der Waals surface area contributed by atoms with Crippen LogP contribution in [0.1, 0.15) is 0 Å². The Morgan fingerprint density at radius 3 is 1.00 bits per heavy atom. The lowest BCUT2D eigenvalue weighted by atomic mass is 10.0. The van der Waals surface area contributed by atoms with E-state index in [0.717, 1.165) is 11.4 Å². The maximum Gasteiger partial charge on any atom is 0.0637 e. The quantitative estimate of drug-likeness (QED) is 0.403. The van der Waals surface area contributed by atoms with E-state index in [4.69, 9.17) is 5.32 Å². The summed E-state index contributed by atoms with van der Waals surface area (Å²) < 4.78 is 0. The van der Waals surface area contributed by atoms with Crippen molar-refractivity contribution in [3.05, 3.63) is 109 Å². The van der Waals surface area contributed by atoms with E-state index in [1.807, 2.05) is 12.1 Å². The van der Waals surface area contributed by atoms with Crippen molar-refractivity contribution in [3.63, 3.8) is 0 Å². The molecular weight excluding hydrogens is 302 g/mol. The predicted octanol–water partition coefficient (Wildman–Crippen LogP) is 6.59. The number of hydrogen-bond donors (Lipinski definition) is 0. The largest absolute Gasteiger partial charge is 0.249 e. The Labute approximate surface area is 148 Å². The SMILES string of the molecule is c1ccc(-c2ccc([N]c3ccc(-c4ccccc4)cc3)cc2)cc1.